The minimum absolute atomic E-state index is 0.269. The van der Waals surface area contributed by atoms with Crippen LogP contribution in [0.25, 0.3) is 0 Å². The summed E-state index contributed by atoms with van der Waals surface area (Å²) in [5.74, 6) is -0.269. The van der Waals surface area contributed by atoms with E-state index >= 15 is 0 Å². The Kier molecular flexibility index (Phi) is 5.15. The summed E-state index contributed by atoms with van der Waals surface area (Å²) >= 11 is 0. The molecule has 1 aromatic carbocycles. The van der Waals surface area contributed by atoms with E-state index in [4.69, 9.17) is 5.14 Å². The lowest BCUT2D eigenvalue weighted by molar-refractivity contribution is 0.0967. The average molecular weight is 320 g/mol. The lowest BCUT2D eigenvalue weighted by Gasteiger charge is -2.15. The van der Waals surface area contributed by atoms with E-state index in [1.807, 2.05) is 12.1 Å². The van der Waals surface area contributed by atoms with Gasteiger partial charge in [-0.1, -0.05) is 31.6 Å². The molecule has 1 unspecified atom stereocenters. The predicted octanol–water partition coefficient (Wildman–Crippen LogP) is 1.87. The summed E-state index contributed by atoms with van der Waals surface area (Å²) in [4.78, 5) is 12.2. The molecule has 0 fully saturated rings. The van der Waals surface area contributed by atoms with Crippen LogP contribution in [-0.4, -0.2) is 19.6 Å². The first kappa shape index (κ1) is 16.5. The lowest BCUT2D eigenvalue weighted by Crippen LogP contribution is -2.30. The monoisotopic (exact) mass is 320 g/mol. The maximum atomic E-state index is 12.2. The molecule has 1 aromatic rings. The summed E-state index contributed by atoms with van der Waals surface area (Å²) in [7, 11) is -3.65. The van der Waals surface area contributed by atoms with Crippen LogP contribution in [0.1, 0.15) is 35.7 Å². The number of rotatable bonds is 5. The highest BCUT2D eigenvalue weighted by Crippen LogP contribution is 2.15. The van der Waals surface area contributed by atoms with Crippen LogP contribution in [0.15, 0.2) is 48.2 Å². The SMILES string of the molecule is CCCc1ccc(C(=O)NC2=CC(S(N)(=O)=O)CC=C2)cc1. The Balaban J connectivity index is 2.08. The zero-order valence-corrected chi connectivity index (χ0v) is 13.3. The molecule has 5 nitrogen and oxygen atoms in total. The standard InChI is InChI=1S/C16H20N2O3S/c1-2-4-12-7-9-13(10-8-12)16(19)18-14-5-3-6-15(11-14)22(17,20)21/h3,5,7-11,15H,2,4,6H2,1H3,(H,18,19)(H2,17,20,21). The fourth-order valence-corrected chi connectivity index (χ4v) is 3.00. The summed E-state index contributed by atoms with van der Waals surface area (Å²) in [5.41, 5.74) is 2.17. The third-order valence-electron chi connectivity index (χ3n) is 3.47. The minimum Gasteiger partial charge on any atom is -0.322 e. The fourth-order valence-electron chi connectivity index (χ4n) is 2.28. The van der Waals surface area contributed by atoms with E-state index in [1.54, 1.807) is 24.3 Å². The molecule has 2 rings (SSSR count). The molecule has 1 amide bonds. The highest BCUT2D eigenvalue weighted by molar-refractivity contribution is 7.89. The summed E-state index contributed by atoms with van der Waals surface area (Å²) in [5, 5.41) is 7.05. The van der Waals surface area contributed by atoms with Gasteiger partial charge in [0.1, 0.15) is 0 Å². The number of hydrogen-bond donors (Lipinski definition) is 2. The van der Waals surface area contributed by atoms with E-state index in [0.29, 0.717) is 17.7 Å². The van der Waals surface area contributed by atoms with E-state index in [-0.39, 0.29) is 5.91 Å². The molecule has 0 radical (unpaired) electrons. The third-order valence-corrected chi connectivity index (χ3v) is 4.64. The molecule has 0 aromatic heterocycles. The molecular formula is C16H20N2O3S. The smallest absolute Gasteiger partial charge is 0.255 e. The van der Waals surface area contributed by atoms with Crippen molar-refractivity contribution >= 4 is 15.9 Å². The summed E-state index contributed by atoms with van der Waals surface area (Å²) in [6.07, 6.45) is 7.20. The number of benzene rings is 1. The normalized spacial score (nSPS) is 17.9. The number of primary sulfonamides is 1. The van der Waals surface area contributed by atoms with Gasteiger partial charge in [0.2, 0.25) is 10.0 Å². The van der Waals surface area contributed by atoms with Crippen LogP contribution < -0.4 is 10.5 Å². The van der Waals surface area contributed by atoms with Crippen LogP contribution in [0.2, 0.25) is 0 Å². The van der Waals surface area contributed by atoms with Crippen LogP contribution in [-0.2, 0) is 16.4 Å². The van der Waals surface area contributed by atoms with Crippen molar-refractivity contribution in [3.63, 3.8) is 0 Å². The summed E-state index contributed by atoms with van der Waals surface area (Å²) in [6, 6.07) is 7.39. The highest BCUT2D eigenvalue weighted by atomic mass is 32.2. The first-order chi connectivity index (χ1) is 10.4. The van der Waals surface area contributed by atoms with E-state index in [0.717, 1.165) is 12.8 Å². The van der Waals surface area contributed by atoms with Gasteiger partial charge in [-0.25, -0.2) is 13.6 Å². The van der Waals surface area contributed by atoms with Gasteiger partial charge in [0.25, 0.3) is 5.91 Å². The molecule has 1 aliphatic rings. The number of hydrogen-bond acceptors (Lipinski definition) is 3. The molecule has 0 spiro atoms. The van der Waals surface area contributed by atoms with Gasteiger partial charge in [0.05, 0.1) is 5.25 Å². The molecule has 22 heavy (non-hydrogen) atoms. The Bertz CT molecular complexity index is 703. The van der Waals surface area contributed by atoms with Crippen molar-refractivity contribution in [2.75, 3.05) is 0 Å². The number of sulfonamides is 1. The first-order valence-electron chi connectivity index (χ1n) is 7.20. The van der Waals surface area contributed by atoms with Crippen molar-refractivity contribution in [2.45, 2.75) is 31.4 Å². The summed E-state index contributed by atoms with van der Waals surface area (Å²) in [6.45, 7) is 2.10. The maximum absolute atomic E-state index is 12.2. The van der Waals surface area contributed by atoms with Crippen molar-refractivity contribution in [3.8, 4) is 0 Å². The van der Waals surface area contributed by atoms with E-state index in [9.17, 15) is 13.2 Å². The van der Waals surface area contributed by atoms with Crippen LogP contribution in [0.4, 0.5) is 0 Å². The predicted molar refractivity (Wildman–Crippen MR) is 86.6 cm³/mol. The van der Waals surface area contributed by atoms with Gasteiger partial charge < -0.3 is 5.32 Å². The van der Waals surface area contributed by atoms with Gasteiger partial charge in [-0.3, -0.25) is 4.79 Å². The molecule has 0 saturated heterocycles. The van der Waals surface area contributed by atoms with Crippen molar-refractivity contribution in [1.29, 1.82) is 0 Å². The maximum Gasteiger partial charge on any atom is 0.255 e. The van der Waals surface area contributed by atoms with Crippen molar-refractivity contribution < 1.29 is 13.2 Å². The highest BCUT2D eigenvalue weighted by Gasteiger charge is 2.21. The number of nitrogens with two attached hydrogens (primary N) is 1. The quantitative estimate of drug-likeness (QED) is 0.868. The Hall–Kier alpha value is -1.92. The topological polar surface area (TPSA) is 89.3 Å². The minimum atomic E-state index is -3.65. The molecular weight excluding hydrogens is 300 g/mol. The second-order valence-corrected chi connectivity index (χ2v) is 7.07. The van der Waals surface area contributed by atoms with Crippen molar-refractivity contribution in [1.82, 2.24) is 5.32 Å². The van der Waals surface area contributed by atoms with Crippen LogP contribution in [0.5, 0.6) is 0 Å². The van der Waals surface area contributed by atoms with Crippen LogP contribution in [0.3, 0.4) is 0 Å². The lowest BCUT2D eigenvalue weighted by atomic mass is 10.1. The van der Waals surface area contributed by atoms with Crippen LogP contribution in [0, 0.1) is 0 Å². The van der Waals surface area contributed by atoms with E-state index < -0.39 is 15.3 Å². The second-order valence-electron chi connectivity index (χ2n) is 5.29. The number of nitrogens with one attached hydrogen (secondary N) is 1. The molecule has 0 aliphatic heterocycles. The molecule has 6 heteroatoms. The third kappa shape index (κ3) is 4.29. The molecule has 0 saturated carbocycles. The number of aryl methyl sites for hydroxylation is 1. The first-order valence-corrected chi connectivity index (χ1v) is 8.81. The van der Waals surface area contributed by atoms with Crippen LogP contribution >= 0.6 is 0 Å². The van der Waals surface area contributed by atoms with Gasteiger partial charge in [-0.15, -0.1) is 0 Å². The number of allylic oxidation sites excluding steroid dienone is 2. The molecule has 3 N–H and O–H groups in total. The average Bonchev–Trinajstić information content (AvgIpc) is 2.48. The fraction of sp³-hybridized carbons (Fsp3) is 0.312. The largest absolute Gasteiger partial charge is 0.322 e. The molecule has 1 atom stereocenters. The number of carbonyl (C=O) groups excluding carboxylic acids is 1. The van der Waals surface area contributed by atoms with Crippen molar-refractivity contribution in [3.05, 3.63) is 59.3 Å². The Morgan fingerprint density at radius 2 is 2.00 bits per heavy atom. The van der Waals surface area contributed by atoms with Gasteiger partial charge in [-0.2, -0.15) is 0 Å². The zero-order valence-electron chi connectivity index (χ0n) is 12.5. The molecule has 0 bridgehead atoms. The Morgan fingerprint density at radius 1 is 1.32 bits per heavy atom. The van der Waals surface area contributed by atoms with E-state index in [2.05, 4.69) is 12.2 Å². The van der Waals surface area contributed by atoms with E-state index in [1.165, 1.54) is 11.6 Å². The Labute approximate surface area is 131 Å². The molecule has 1 aliphatic carbocycles. The van der Waals surface area contributed by atoms with Crippen molar-refractivity contribution in [2.24, 2.45) is 5.14 Å². The van der Waals surface area contributed by atoms with Gasteiger partial charge in [0.15, 0.2) is 0 Å². The Morgan fingerprint density at radius 3 is 2.59 bits per heavy atom. The number of carbonyl (C=O) groups is 1. The van der Waals surface area contributed by atoms with Gasteiger partial charge in [0, 0.05) is 11.3 Å². The second kappa shape index (κ2) is 6.89. The zero-order chi connectivity index (χ0) is 16.2. The van der Waals surface area contributed by atoms with Gasteiger partial charge >= 0.3 is 0 Å². The number of amides is 1. The molecule has 118 valence electrons. The van der Waals surface area contributed by atoms with Gasteiger partial charge in [-0.05, 0) is 42.7 Å². The molecule has 0 heterocycles. The summed E-state index contributed by atoms with van der Waals surface area (Å²) < 4.78 is 22.7.